The number of benzene rings is 1. The van der Waals surface area contributed by atoms with E-state index in [9.17, 15) is 4.79 Å². The van der Waals surface area contributed by atoms with E-state index in [0.29, 0.717) is 11.3 Å². The van der Waals surface area contributed by atoms with E-state index in [1.807, 2.05) is 24.9 Å². The molecule has 0 spiro atoms. The molecule has 1 aliphatic rings. The van der Waals surface area contributed by atoms with E-state index in [-0.39, 0.29) is 11.9 Å². The fraction of sp³-hybridized carbons (Fsp3) is 0.312. The molecule has 0 bridgehead atoms. The van der Waals surface area contributed by atoms with Gasteiger partial charge in [0.25, 0.3) is 5.91 Å². The third kappa shape index (κ3) is 1.95. The first-order valence-corrected chi connectivity index (χ1v) is 6.57. The van der Waals surface area contributed by atoms with Gasteiger partial charge in [-0.25, -0.2) is 0 Å². The van der Waals surface area contributed by atoms with Gasteiger partial charge in [0, 0.05) is 7.05 Å². The molecule has 2 aromatic rings. The SMILES string of the molecule is Cc1occc1C(=O)N(C)C1CCc2ccccc21. The maximum atomic E-state index is 12.5. The Morgan fingerprint density at radius 2 is 2.11 bits per heavy atom. The second-order valence-corrected chi connectivity index (χ2v) is 5.06. The maximum Gasteiger partial charge on any atom is 0.257 e. The molecule has 1 aliphatic carbocycles. The molecule has 19 heavy (non-hydrogen) atoms. The Labute approximate surface area is 112 Å². The summed E-state index contributed by atoms with van der Waals surface area (Å²) < 4.78 is 5.22. The minimum Gasteiger partial charge on any atom is -0.469 e. The first-order chi connectivity index (χ1) is 9.18. The minimum atomic E-state index is 0.0351. The lowest BCUT2D eigenvalue weighted by atomic mass is 10.1. The van der Waals surface area contributed by atoms with Gasteiger partial charge in [-0.15, -0.1) is 0 Å². The normalized spacial score (nSPS) is 17.3. The number of amides is 1. The van der Waals surface area contributed by atoms with Crippen LogP contribution in [0.4, 0.5) is 0 Å². The summed E-state index contributed by atoms with van der Waals surface area (Å²) in [5.74, 6) is 0.719. The molecule has 3 heteroatoms. The topological polar surface area (TPSA) is 33.5 Å². The van der Waals surface area contributed by atoms with Crippen LogP contribution in [0.3, 0.4) is 0 Å². The molecule has 98 valence electrons. The first kappa shape index (κ1) is 12.0. The molecule has 0 saturated heterocycles. The van der Waals surface area contributed by atoms with Crippen molar-refractivity contribution in [2.75, 3.05) is 7.05 Å². The molecular weight excluding hydrogens is 238 g/mol. The van der Waals surface area contributed by atoms with Gasteiger partial charge in [0.2, 0.25) is 0 Å². The third-order valence-electron chi connectivity index (χ3n) is 3.98. The van der Waals surface area contributed by atoms with Crippen LogP contribution in [0.5, 0.6) is 0 Å². The Morgan fingerprint density at radius 1 is 1.32 bits per heavy atom. The Hall–Kier alpha value is -2.03. The van der Waals surface area contributed by atoms with Crippen molar-refractivity contribution in [2.24, 2.45) is 0 Å². The van der Waals surface area contributed by atoms with E-state index in [2.05, 4.69) is 18.2 Å². The summed E-state index contributed by atoms with van der Waals surface area (Å²) >= 11 is 0. The fourth-order valence-electron chi connectivity index (χ4n) is 2.88. The molecule has 3 rings (SSSR count). The second-order valence-electron chi connectivity index (χ2n) is 5.06. The van der Waals surface area contributed by atoms with Crippen molar-refractivity contribution in [1.29, 1.82) is 0 Å². The Balaban J connectivity index is 1.88. The summed E-state index contributed by atoms with van der Waals surface area (Å²) in [5, 5.41) is 0. The molecule has 1 unspecified atom stereocenters. The third-order valence-corrected chi connectivity index (χ3v) is 3.98. The molecular formula is C16H17NO2. The van der Waals surface area contributed by atoms with Crippen molar-refractivity contribution < 1.29 is 9.21 Å². The predicted octanol–water partition coefficient (Wildman–Crippen LogP) is 3.35. The van der Waals surface area contributed by atoms with Crippen molar-refractivity contribution >= 4 is 5.91 Å². The zero-order valence-corrected chi connectivity index (χ0v) is 11.2. The van der Waals surface area contributed by atoms with Gasteiger partial charge in [0.05, 0.1) is 17.9 Å². The second kappa shape index (κ2) is 4.57. The number of hydrogen-bond donors (Lipinski definition) is 0. The largest absolute Gasteiger partial charge is 0.469 e. The van der Waals surface area contributed by atoms with Gasteiger partial charge < -0.3 is 9.32 Å². The van der Waals surface area contributed by atoms with Crippen LogP contribution in [0.2, 0.25) is 0 Å². The van der Waals surface area contributed by atoms with Crippen molar-refractivity contribution in [3.63, 3.8) is 0 Å². The molecule has 0 aliphatic heterocycles. The molecule has 0 N–H and O–H groups in total. The average molecular weight is 255 g/mol. The number of rotatable bonds is 2. The number of furan rings is 1. The zero-order valence-electron chi connectivity index (χ0n) is 11.2. The minimum absolute atomic E-state index is 0.0351. The van der Waals surface area contributed by atoms with Gasteiger partial charge in [-0.05, 0) is 37.0 Å². The van der Waals surface area contributed by atoms with E-state index < -0.39 is 0 Å². The average Bonchev–Trinajstić information content (AvgIpc) is 3.03. The van der Waals surface area contributed by atoms with Crippen LogP contribution in [0.15, 0.2) is 41.0 Å². The summed E-state index contributed by atoms with van der Waals surface area (Å²) in [6.07, 6.45) is 3.61. The van der Waals surface area contributed by atoms with E-state index in [4.69, 9.17) is 4.42 Å². The van der Waals surface area contributed by atoms with E-state index in [1.54, 1.807) is 12.3 Å². The molecule has 1 aromatic carbocycles. The number of aryl methyl sites for hydroxylation is 2. The van der Waals surface area contributed by atoms with Gasteiger partial charge in [-0.1, -0.05) is 24.3 Å². The lowest BCUT2D eigenvalue weighted by molar-refractivity contribution is 0.0729. The van der Waals surface area contributed by atoms with Crippen LogP contribution < -0.4 is 0 Å². The summed E-state index contributed by atoms with van der Waals surface area (Å²) in [7, 11) is 1.88. The van der Waals surface area contributed by atoms with Crippen LogP contribution in [0, 0.1) is 6.92 Å². The lowest BCUT2D eigenvalue weighted by Crippen LogP contribution is -2.30. The highest BCUT2D eigenvalue weighted by molar-refractivity contribution is 5.95. The highest BCUT2D eigenvalue weighted by Gasteiger charge is 2.29. The highest BCUT2D eigenvalue weighted by Crippen LogP contribution is 2.35. The molecule has 1 heterocycles. The van der Waals surface area contributed by atoms with Crippen molar-refractivity contribution in [3.8, 4) is 0 Å². The summed E-state index contributed by atoms with van der Waals surface area (Å²) in [6.45, 7) is 1.82. The van der Waals surface area contributed by atoms with Gasteiger partial charge in [0.15, 0.2) is 0 Å². The number of fused-ring (bicyclic) bond motifs is 1. The fourth-order valence-corrected chi connectivity index (χ4v) is 2.88. The molecule has 0 saturated carbocycles. The highest BCUT2D eigenvalue weighted by atomic mass is 16.3. The quantitative estimate of drug-likeness (QED) is 0.824. The van der Waals surface area contributed by atoms with Gasteiger partial charge in [-0.3, -0.25) is 4.79 Å². The number of nitrogens with zero attached hydrogens (tertiary/aromatic N) is 1. The monoisotopic (exact) mass is 255 g/mol. The Kier molecular flexibility index (Phi) is 2.90. The summed E-state index contributed by atoms with van der Waals surface area (Å²) in [5.41, 5.74) is 3.29. The van der Waals surface area contributed by atoms with Crippen LogP contribution in [-0.4, -0.2) is 17.9 Å². The van der Waals surface area contributed by atoms with Crippen molar-refractivity contribution in [1.82, 2.24) is 4.90 Å². The predicted molar refractivity (Wildman–Crippen MR) is 73.0 cm³/mol. The van der Waals surface area contributed by atoms with Crippen molar-refractivity contribution in [3.05, 3.63) is 59.0 Å². The van der Waals surface area contributed by atoms with E-state index >= 15 is 0 Å². The first-order valence-electron chi connectivity index (χ1n) is 6.57. The van der Waals surface area contributed by atoms with Gasteiger partial charge in [-0.2, -0.15) is 0 Å². The van der Waals surface area contributed by atoms with E-state index in [0.717, 1.165) is 12.8 Å². The Morgan fingerprint density at radius 3 is 2.84 bits per heavy atom. The number of hydrogen-bond acceptors (Lipinski definition) is 2. The van der Waals surface area contributed by atoms with Gasteiger partial charge >= 0.3 is 0 Å². The molecule has 1 atom stereocenters. The van der Waals surface area contributed by atoms with E-state index in [1.165, 1.54) is 11.1 Å². The zero-order chi connectivity index (χ0) is 13.4. The molecule has 3 nitrogen and oxygen atoms in total. The lowest BCUT2D eigenvalue weighted by Gasteiger charge is -2.25. The molecule has 0 radical (unpaired) electrons. The standard InChI is InChI=1S/C16H17NO2/c1-11-13(9-10-19-11)16(18)17(2)15-8-7-12-5-3-4-6-14(12)15/h3-6,9-10,15H,7-8H2,1-2H3. The smallest absolute Gasteiger partial charge is 0.257 e. The molecule has 1 aromatic heterocycles. The Bertz CT molecular complexity index is 615. The van der Waals surface area contributed by atoms with Crippen molar-refractivity contribution in [2.45, 2.75) is 25.8 Å². The van der Waals surface area contributed by atoms with Crippen LogP contribution in [0.25, 0.3) is 0 Å². The van der Waals surface area contributed by atoms with Crippen LogP contribution >= 0.6 is 0 Å². The van der Waals surface area contributed by atoms with Crippen LogP contribution in [-0.2, 0) is 6.42 Å². The molecule has 1 amide bonds. The number of carbonyl (C=O) groups excluding carboxylic acids is 1. The summed E-state index contributed by atoms with van der Waals surface area (Å²) in [4.78, 5) is 14.3. The van der Waals surface area contributed by atoms with Crippen LogP contribution in [0.1, 0.15) is 39.7 Å². The van der Waals surface area contributed by atoms with Gasteiger partial charge in [0.1, 0.15) is 5.76 Å². The molecule has 0 fully saturated rings. The maximum absolute atomic E-state index is 12.5. The summed E-state index contributed by atoms with van der Waals surface area (Å²) in [6, 6.07) is 10.3. The number of carbonyl (C=O) groups is 1.